The standard InChI is InChI=1S/C15H23NO2/c1-11(2)8-9-15(18)16-10-14(17)13-7-5-4-6-12(13)3/h4-7,11,14,17H,8-10H2,1-3H3,(H,16,18). The van der Waals surface area contributed by atoms with Gasteiger partial charge < -0.3 is 10.4 Å². The number of benzene rings is 1. The van der Waals surface area contributed by atoms with Crippen molar-refractivity contribution < 1.29 is 9.90 Å². The van der Waals surface area contributed by atoms with Crippen LogP contribution in [0.3, 0.4) is 0 Å². The molecule has 18 heavy (non-hydrogen) atoms. The fourth-order valence-corrected chi connectivity index (χ4v) is 1.79. The summed E-state index contributed by atoms with van der Waals surface area (Å²) < 4.78 is 0. The first-order chi connectivity index (χ1) is 8.50. The quantitative estimate of drug-likeness (QED) is 0.814. The number of hydrogen-bond acceptors (Lipinski definition) is 2. The van der Waals surface area contributed by atoms with Gasteiger partial charge in [-0.2, -0.15) is 0 Å². The number of aliphatic hydroxyl groups excluding tert-OH is 1. The Morgan fingerprint density at radius 1 is 1.33 bits per heavy atom. The predicted octanol–water partition coefficient (Wildman–Crippen LogP) is 2.58. The zero-order valence-corrected chi connectivity index (χ0v) is 11.4. The maximum absolute atomic E-state index is 11.5. The second-order valence-electron chi connectivity index (χ2n) is 5.11. The van der Waals surface area contributed by atoms with E-state index in [-0.39, 0.29) is 12.5 Å². The molecule has 0 bridgehead atoms. The molecule has 1 atom stereocenters. The molecule has 1 aromatic carbocycles. The van der Waals surface area contributed by atoms with Crippen LogP contribution in [-0.4, -0.2) is 17.6 Å². The van der Waals surface area contributed by atoms with Crippen LogP contribution in [-0.2, 0) is 4.79 Å². The van der Waals surface area contributed by atoms with Crippen molar-refractivity contribution in [2.24, 2.45) is 5.92 Å². The van der Waals surface area contributed by atoms with Crippen molar-refractivity contribution in [3.05, 3.63) is 35.4 Å². The molecule has 3 heteroatoms. The summed E-state index contributed by atoms with van der Waals surface area (Å²) in [6.45, 7) is 6.42. The largest absolute Gasteiger partial charge is 0.387 e. The van der Waals surface area contributed by atoms with E-state index >= 15 is 0 Å². The van der Waals surface area contributed by atoms with E-state index in [0.717, 1.165) is 17.5 Å². The lowest BCUT2D eigenvalue weighted by Gasteiger charge is -2.14. The van der Waals surface area contributed by atoms with Gasteiger partial charge in [0.2, 0.25) is 5.91 Å². The molecule has 0 aromatic heterocycles. The fraction of sp³-hybridized carbons (Fsp3) is 0.533. The summed E-state index contributed by atoms with van der Waals surface area (Å²) >= 11 is 0. The first-order valence-corrected chi connectivity index (χ1v) is 6.51. The molecular formula is C15H23NO2. The average molecular weight is 249 g/mol. The van der Waals surface area contributed by atoms with Gasteiger partial charge in [-0.15, -0.1) is 0 Å². The SMILES string of the molecule is Cc1ccccc1C(O)CNC(=O)CCC(C)C. The normalized spacial score (nSPS) is 12.5. The van der Waals surface area contributed by atoms with Crippen LogP contribution in [0.25, 0.3) is 0 Å². The molecule has 0 aliphatic carbocycles. The monoisotopic (exact) mass is 249 g/mol. The van der Waals surface area contributed by atoms with E-state index in [1.807, 2.05) is 31.2 Å². The molecule has 2 N–H and O–H groups in total. The van der Waals surface area contributed by atoms with Gasteiger partial charge in [0.05, 0.1) is 6.10 Å². The van der Waals surface area contributed by atoms with E-state index in [2.05, 4.69) is 19.2 Å². The second-order valence-corrected chi connectivity index (χ2v) is 5.11. The number of nitrogens with one attached hydrogen (secondary N) is 1. The van der Waals surface area contributed by atoms with Crippen LogP contribution in [0.1, 0.15) is 43.9 Å². The summed E-state index contributed by atoms with van der Waals surface area (Å²) in [7, 11) is 0. The third-order valence-corrected chi connectivity index (χ3v) is 2.99. The molecule has 0 spiro atoms. The highest BCUT2D eigenvalue weighted by molar-refractivity contribution is 5.75. The number of amides is 1. The van der Waals surface area contributed by atoms with Crippen molar-refractivity contribution in [2.45, 2.75) is 39.7 Å². The molecule has 0 radical (unpaired) electrons. The molecule has 1 amide bonds. The van der Waals surface area contributed by atoms with Gasteiger partial charge in [-0.3, -0.25) is 4.79 Å². The Bertz CT molecular complexity index is 388. The predicted molar refractivity (Wildman–Crippen MR) is 73.2 cm³/mol. The summed E-state index contributed by atoms with van der Waals surface area (Å²) in [6.07, 6.45) is 0.777. The molecular weight excluding hydrogens is 226 g/mol. The topological polar surface area (TPSA) is 49.3 Å². The van der Waals surface area contributed by atoms with Gasteiger partial charge in [-0.1, -0.05) is 38.1 Å². The highest BCUT2D eigenvalue weighted by atomic mass is 16.3. The van der Waals surface area contributed by atoms with Gasteiger partial charge in [-0.05, 0) is 30.4 Å². The Labute approximate surface area is 109 Å². The molecule has 3 nitrogen and oxygen atoms in total. The summed E-state index contributed by atoms with van der Waals surface area (Å²) in [5, 5.41) is 12.8. The highest BCUT2D eigenvalue weighted by Gasteiger charge is 2.11. The molecule has 100 valence electrons. The lowest BCUT2D eigenvalue weighted by molar-refractivity contribution is -0.121. The van der Waals surface area contributed by atoms with Crippen molar-refractivity contribution in [1.82, 2.24) is 5.32 Å². The van der Waals surface area contributed by atoms with E-state index in [1.165, 1.54) is 0 Å². The molecule has 0 saturated heterocycles. The minimum absolute atomic E-state index is 0.0105. The van der Waals surface area contributed by atoms with E-state index in [4.69, 9.17) is 0 Å². The minimum atomic E-state index is -0.630. The Hall–Kier alpha value is -1.35. The van der Waals surface area contributed by atoms with Gasteiger partial charge in [0.25, 0.3) is 0 Å². The van der Waals surface area contributed by atoms with Gasteiger partial charge in [0.1, 0.15) is 0 Å². The van der Waals surface area contributed by atoms with Crippen LogP contribution in [0.15, 0.2) is 24.3 Å². The second kappa shape index (κ2) is 7.17. The van der Waals surface area contributed by atoms with Crippen LogP contribution in [0.5, 0.6) is 0 Å². The van der Waals surface area contributed by atoms with Crippen molar-refractivity contribution in [3.8, 4) is 0 Å². The van der Waals surface area contributed by atoms with E-state index < -0.39 is 6.10 Å². The van der Waals surface area contributed by atoms with E-state index in [9.17, 15) is 9.90 Å². The smallest absolute Gasteiger partial charge is 0.220 e. The van der Waals surface area contributed by atoms with Crippen LogP contribution in [0, 0.1) is 12.8 Å². The molecule has 1 rings (SSSR count). The number of aliphatic hydroxyl groups is 1. The summed E-state index contributed by atoms with van der Waals surface area (Å²) in [6, 6.07) is 7.68. The van der Waals surface area contributed by atoms with E-state index in [1.54, 1.807) is 0 Å². The average Bonchev–Trinajstić information content (AvgIpc) is 2.34. The zero-order chi connectivity index (χ0) is 13.5. The third-order valence-electron chi connectivity index (χ3n) is 2.99. The lowest BCUT2D eigenvalue weighted by Crippen LogP contribution is -2.28. The van der Waals surface area contributed by atoms with Crippen molar-refractivity contribution in [3.63, 3.8) is 0 Å². The van der Waals surface area contributed by atoms with Crippen molar-refractivity contribution >= 4 is 5.91 Å². The molecule has 0 aliphatic heterocycles. The Morgan fingerprint density at radius 2 is 2.00 bits per heavy atom. The molecule has 0 fully saturated rings. The highest BCUT2D eigenvalue weighted by Crippen LogP contribution is 2.16. The molecule has 0 saturated carbocycles. The number of carbonyl (C=O) groups is 1. The molecule has 1 aromatic rings. The Balaban J connectivity index is 2.39. The third kappa shape index (κ3) is 4.88. The Kier molecular flexibility index (Phi) is 5.86. The number of rotatable bonds is 6. The zero-order valence-electron chi connectivity index (χ0n) is 11.4. The lowest BCUT2D eigenvalue weighted by atomic mass is 10.0. The maximum Gasteiger partial charge on any atom is 0.220 e. The first kappa shape index (κ1) is 14.7. The molecule has 0 aliphatic rings. The maximum atomic E-state index is 11.5. The number of aryl methyl sites for hydroxylation is 1. The van der Waals surface area contributed by atoms with E-state index in [0.29, 0.717) is 12.3 Å². The summed E-state index contributed by atoms with van der Waals surface area (Å²) in [5.74, 6) is 0.536. The van der Waals surface area contributed by atoms with Gasteiger partial charge in [-0.25, -0.2) is 0 Å². The first-order valence-electron chi connectivity index (χ1n) is 6.51. The van der Waals surface area contributed by atoms with Crippen molar-refractivity contribution in [2.75, 3.05) is 6.54 Å². The van der Waals surface area contributed by atoms with Crippen molar-refractivity contribution in [1.29, 1.82) is 0 Å². The van der Waals surface area contributed by atoms with Gasteiger partial charge in [0.15, 0.2) is 0 Å². The summed E-state index contributed by atoms with van der Waals surface area (Å²) in [4.78, 5) is 11.5. The fourth-order valence-electron chi connectivity index (χ4n) is 1.79. The minimum Gasteiger partial charge on any atom is -0.387 e. The van der Waals surface area contributed by atoms with Gasteiger partial charge >= 0.3 is 0 Å². The molecule has 1 unspecified atom stereocenters. The Morgan fingerprint density at radius 3 is 2.61 bits per heavy atom. The van der Waals surface area contributed by atoms with Crippen LogP contribution < -0.4 is 5.32 Å². The van der Waals surface area contributed by atoms with Crippen LogP contribution >= 0.6 is 0 Å². The van der Waals surface area contributed by atoms with Crippen LogP contribution in [0.2, 0.25) is 0 Å². The summed E-state index contributed by atoms with van der Waals surface area (Å²) in [5.41, 5.74) is 1.92. The van der Waals surface area contributed by atoms with Gasteiger partial charge in [0, 0.05) is 13.0 Å². The number of carbonyl (C=O) groups excluding carboxylic acids is 1. The number of hydrogen-bond donors (Lipinski definition) is 2. The molecule has 0 heterocycles. The van der Waals surface area contributed by atoms with Crippen LogP contribution in [0.4, 0.5) is 0 Å².